The molecule has 0 aromatic heterocycles. The van der Waals surface area contributed by atoms with Crippen molar-refractivity contribution in [2.75, 3.05) is 11.1 Å². The fraction of sp³-hybridized carbons (Fsp3) is 0. The second-order valence-electron chi connectivity index (χ2n) is 3.70. The molecule has 1 amide bonds. The molecule has 0 saturated heterocycles. The van der Waals surface area contributed by atoms with Crippen molar-refractivity contribution in [1.29, 1.82) is 0 Å². The summed E-state index contributed by atoms with van der Waals surface area (Å²) in [5.74, 6) is -0.265. The molecule has 0 fully saturated rings. The SMILES string of the molecule is Nc1ccc(C(=O)Nc2cc(Cl)ccc2Cl)cc1. The Balaban J connectivity index is 2.21. The number of hydrogen-bond acceptors (Lipinski definition) is 2. The van der Waals surface area contributed by atoms with Crippen molar-refractivity contribution in [2.24, 2.45) is 0 Å². The Bertz CT molecular complexity index is 582. The van der Waals surface area contributed by atoms with Crippen LogP contribution in [-0.4, -0.2) is 5.91 Å². The molecule has 18 heavy (non-hydrogen) atoms. The van der Waals surface area contributed by atoms with E-state index in [1.807, 2.05) is 0 Å². The summed E-state index contributed by atoms with van der Waals surface area (Å²) in [6.45, 7) is 0. The van der Waals surface area contributed by atoms with E-state index in [0.717, 1.165) is 0 Å². The maximum absolute atomic E-state index is 11.9. The van der Waals surface area contributed by atoms with Crippen LogP contribution in [0.3, 0.4) is 0 Å². The van der Waals surface area contributed by atoms with Crippen molar-refractivity contribution in [3.63, 3.8) is 0 Å². The summed E-state index contributed by atoms with van der Waals surface area (Å²) in [6, 6.07) is 11.5. The first-order valence-corrected chi connectivity index (χ1v) is 5.94. The Morgan fingerprint density at radius 2 is 1.72 bits per heavy atom. The Morgan fingerprint density at radius 1 is 1.06 bits per heavy atom. The third-order valence-corrected chi connectivity index (χ3v) is 2.91. The van der Waals surface area contributed by atoms with E-state index >= 15 is 0 Å². The Morgan fingerprint density at radius 3 is 2.39 bits per heavy atom. The summed E-state index contributed by atoms with van der Waals surface area (Å²) in [7, 11) is 0. The zero-order valence-electron chi connectivity index (χ0n) is 9.28. The lowest BCUT2D eigenvalue weighted by Gasteiger charge is -2.07. The van der Waals surface area contributed by atoms with Crippen molar-refractivity contribution < 1.29 is 4.79 Å². The smallest absolute Gasteiger partial charge is 0.255 e. The molecule has 0 heterocycles. The summed E-state index contributed by atoms with van der Waals surface area (Å²) in [5.41, 5.74) is 7.14. The second-order valence-corrected chi connectivity index (χ2v) is 4.54. The molecule has 2 aromatic rings. The van der Waals surface area contributed by atoms with Crippen LogP contribution in [0.5, 0.6) is 0 Å². The normalized spacial score (nSPS) is 10.1. The first-order chi connectivity index (χ1) is 8.56. The van der Waals surface area contributed by atoms with Gasteiger partial charge < -0.3 is 11.1 Å². The van der Waals surface area contributed by atoms with Crippen molar-refractivity contribution in [1.82, 2.24) is 0 Å². The van der Waals surface area contributed by atoms with Crippen molar-refractivity contribution in [3.05, 3.63) is 58.1 Å². The van der Waals surface area contributed by atoms with Gasteiger partial charge in [0.2, 0.25) is 0 Å². The molecular formula is C13H10Cl2N2O. The molecule has 0 atom stereocenters. The fourth-order valence-electron chi connectivity index (χ4n) is 1.42. The van der Waals surface area contributed by atoms with Gasteiger partial charge in [-0.05, 0) is 42.5 Å². The van der Waals surface area contributed by atoms with Gasteiger partial charge in [-0.25, -0.2) is 0 Å². The highest BCUT2D eigenvalue weighted by Gasteiger charge is 2.08. The molecule has 0 aliphatic carbocycles. The predicted molar refractivity (Wildman–Crippen MR) is 75.3 cm³/mol. The van der Waals surface area contributed by atoms with E-state index in [4.69, 9.17) is 28.9 Å². The number of halogens is 2. The minimum Gasteiger partial charge on any atom is -0.399 e. The number of nitrogen functional groups attached to an aromatic ring is 1. The number of benzene rings is 2. The number of amides is 1. The number of carbonyl (C=O) groups is 1. The van der Waals surface area contributed by atoms with Crippen molar-refractivity contribution >= 4 is 40.5 Å². The zero-order chi connectivity index (χ0) is 13.1. The average Bonchev–Trinajstić information content (AvgIpc) is 2.34. The fourth-order valence-corrected chi connectivity index (χ4v) is 1.76. The van der Waals surface area contributed by atoms with Gasteiger partial charge in [0.05, 0.1) is 10.7 Å². The molecule has 0 aliphatic rings. The monoisotopic (exact) mass is 280 g/mol. The summed E-state index contributed by atoms with van der Waals surface area (Å²) in [6.07, 6.45) is 0. The molecule has 5 heteroatoms. The van der Waals surface area contributed by atoms with Crippen LogP contribution in [-0.2, 0) is 0 Å². The van der Waals surface area contributed by atoms with Crippen LogP contribution < -0.4 is 11.1 Å². The van der Waals surface area contributed by atoms with Crippen LogP contribution in [0.15, 0.2) is 42.5 Å². The number of anilines is 2. The first kappa shape index (κ1) is 12.7. The number of nitrogens with two attached hydrogens (primary N) is 1. The summed E-state index contributed by atoms with van der Waals surface area (Å²) in [4.78, 5) is 11.9. The van der Waals surface area contributed by atoms with Gasteiger partial charge in [-0.15, -0.1) is 0 Å². The van der Waals surface area contributed by atoms with Gasteiger partial charge >= 0.3 is 0 Å². The lowest BCUT2D eigenvalue weighted by Crippen LogP contribution is -2.12. The quantitative estimate of drug-likeness (QED) is 0.822. The van der Waals surface area contributed by atoms with Crippen LogP contribution in [0.4, 0.5) is 11.4 Å². The molecule has 0 unspecified atom stereocenters. The van der Waals surface area contributed by atoms with E-state index in [2.05, 4.69) is 5.32 Å². The Hall–Kier alpha value is -1.71. The summed E-state index contributed by atoms with van der Waals surface area (Å²) >= 11 is 11.8. The lowest BCUT2D eigenvalue weighted by molar-refractivity contribution is 0.102. The van der Waals surface area contributed by atoms with E-state index in [-0.39, 0.29) is 5.91 Å². The molecular weight excluding hydrogens is 271 g/mol. The Kier molecular flexibility index (Phi) is 3.75. The van der Waals surface area contributed by atoms with Crippen LogP contribution in [0.2, 0.25) is 10.0 Å². The molecule has 0 aliphatic heterocycles. The molecule has 3 N–H and O–H groups in total. The third kappa shape index (κ3) is 2.94. The molecule has 0 saturated carbocycles. The summed E-state index contributed by atoms with van der Waals surface area (Å²) in [5, 5.41) is 3.63. The van der Waals surface area contributed by atoms with Gasteiger partial charge in [0.1, 0.15) is 0 Å². The van der Waals surface area contributed by atoms with Crippen molar-refractivity contribution in [2.45, 2.75) is 0 Å². The maximum atomic E-state index is 11.9. The third-order valence-electron chi connectivity index (χ3n) is 2.35. The van der Waals surface area contributed by atoms with Gasteiger partial charge in [-0.2, -0.15) is 0 Å². The van der Waals surface area contributed by atoms with Crippen molar-refractivity contribution in [3.8, 4) is 0 Å². The topological polar surface area (TPSA) is 55.1 Å². The van der Waals surface area contributed by atoms with Crippen LogP contribution >= 0.6 is 23.2 Å². The second kappa shape index (κ2) is 5.29. The number of nitrogens with one attached hydrogen (secondary N) is 1. The molecule has 92 valence electrons. The Labute approximate surface area is 115 Å². The maximum Gasteiger partial charge on any atom is 0.255 e. The van der Waals surface area contributed by atoms with Crippen LogP contribution in [0.25, 0.3) is 0 Å². The van der Waals surface area contributed by atoms with Gasteiger partial charge in [-0.3, -0.25) is 4.79 Å². The summed E-state index contributed by atoms with van der Waals surface area (Å²) < 4.78 is 0. The highest BCUT2D eigenvalue weighted by atomic mass is 35.5. The molecule has 0 spiro atoms. The predicted octanol–water partition coefficient (Wildman–Crippen LogP) is 3.83. The van der Waals surface area contributed by atoms with E-state index in [0.29, 0.717) is 27.0 Å². The minimum absolute atomic E-state index is 0.265. The van der Waals surface area contributed by atoms with E-state index in [9.17, 15) is 4.79 Å². The zero-order valence-corrected chi connectivity index (χ0v) is 10.8. The van der Waals surface area contributed by atoms with E-state index in [1.165, 1.54) is 0 Å². The lowest BCUT2D eigenvalue weighted by atomic mass is 10.2. The van der Waals surface area contributed by atoms with Crippen LogP contribution in [0.1, 0.15) is 10.4 Å². The number of rotatable bonds is 2. The highest BCUT2D eigenvalue weighted by Crippen LogP contribution is 2.25. The first-order valence-electron chi connectivity index (χ1n) is 5.18. The average molecular weight is 281 g/mol. The van der Waals surface area contributed by atoms with Gasteiger partial charge in [0.25, 0.3) is 5.91 Å². The minimum atomic E-state index is -0.265. The van der Waals surface area contributed by atoms with Gasteiger partial charge in [-0.1, -0.05) is 23.2 Å². The van der Waals surface area contributed by atoms with E-state index in [1.54, 1.807) is 42.5 Å². The number of hydrogen-bond donors (Lipinski definition) is 2. The van der Waals surface area contributed by atoms with E-state index < -0.39 is 0 Å². The molecule has 0 bridgehead atoms. The molecule has 0 radical (unpaired) electrons. The molecule has 2 aromatic carbocycles. The highest BCUT2D eigenvalue weighted by molar-refractivity contribution is 6.35. The number of carbonyl (C=O) groups excluding carboxylic acids is 1. The van der Waals surface area contributed by atoms with Crippen LogP contribution in [0, 0.1) is 0 Å². The largest absolute Gasteiger partial charge is 0.399 e. The molecule has 2 rings (SSSR count). The van der Waals surface area contributed by atoms with Gasteiger partial charge in [0.15, 0.2) is 0 Å². The standard InChI is InChI=1S/C13H10Cl2N2O/c14-9-3-6-11(15)12(7-9)17-13(18)8-1-4-10(16)5-2-8/h1-7H,16H2,(H,17,18). The molecule has 3 nitrogen and oxygen atoms in total. The van der Waals surface area contributed by atoms with Gasteiger partial charge in [0, 0.05) is 16.3 Å².